The van der Waals surface area contributed by atoms with Crippen molar-refractivity contribution in [3.8, 4) is 17.2 Å². The Morgan fingerprint density at radius 2 is 1.31 bits per heavy atom. The van der Waals surface area contributed by atoms with Gasteiger partial charge in [-0.15, -0.1) is 0 Å². The Morgan fingerprint density at radius 1 is 0.735 bits per heavy atom. The maximum atomic E-state index is 10.5. The highest BCUT2D eigenvalue weighted by Crippen LogP contribution is 2.44. The van der Waals surface area contributed by atoms with E-state index in [4.69, 9.17) is 23.7 Å². The molecule has 0 saturated carbocycles. The molecule has 0 aromatic heterocycles. The SMILES string of the molecule is COCC(O)COc1ccccc1OCC(O)COc1ccc(C(C)(C)c2ccc3c(c2)CC3(C)OCC(O)CN(CCO)CCO)cc1. The Balaban J connectivity index is 1.26. The Kier molecular flexibility index (Phi) is 14.2. The predicted octanol–water partition coefficient (Wildman–Crippen LogP) is 2.65. The second-order valence-electron chi connectivity index (χ2n) is 13.3. The first-order valence-electron chi connectivity index (χ1n) is 16.8. The Labute approximate surface area is 289 Å². The molecule has 11 heteroatoms. The van der Waals surface area contributed by atoms with E-state index >= 15 is 0 Å². The van der Waals surface area contributed by atoms with Gasteiger partial charge in [-0.05, 0) is 53.4 Å². The van der Waals surface area contributed by atoms with Crippen molar-refractivity contribution < 1.29 is 49.2 Å². The van der Waals surface area contributed by atoms with Gasteiger partial charge in [0.2, 0.25) is 0 Å². The molecule has 0 amide bonds. The van der Waals surface area contributed by atoms with Gasteiger partial charge in [0.1, 0.15) is 37.8 Å². The number of hydrogen-bond donors (Lipinski definition) is 5. The zero-order valence-electron chi connectivity index (χ0n) is 29.1. The van der Waals surface area contributed by atoms with Gasteiger partial charge in [0, 0.05) is 38.6 Å². The standard InChI is InChI=1S/C38H53NO10/c1-37(2,29-11-14-34-27(19-29)20-38(34,3)49-26-30(42)21-39(15-17-40)16-18-41)28-9-12-33(13-10-28)46-23-32(44)25-48-36-8-6-5-7-35(36)47-24-31(43)22-45-4/h5-14,19,30-32,40-44H,15-18,20-26H2,1-4H3. The highest BCUT2D eigenvalue weighted by Gasteiger charge is 2.41. The third-order valence-corrected chi connectivity index (χ3v) is 8.91. The van der Waals surface area contributed by atoms with Crippen LogP contribution in [0.2, 0.25) is 0 Å². The van der Waals surface area contributed by atoms with Crippen molar-refractivity contribution in [2.75, 3.05) is 73.0 Å². The molecule has 1 aliphatic carbocycles. The van der Waals surface area contributed by atoms with Gasteiger partial charge < -0.3 is 49.2 Å². The first-order chi connectivity index (χ1) is 23.5. The second kappa shape index (κ2) is 18.1. The van der Waals surface area contributed by atoms with Gasteiger partial charge in [-0.25, -0.2) is 0 Å². The third-order valence-electron chi connectivity index (χ3n) is 8.91. The number of aliphatic hydroxyl groups excluding tert-OH is 5. The summed E-state index contributed by atoms with van der Waals surface area (Å²) in [4.78, 5) is 1.82. The highest BCUT2D eigenvalue weighted by atomic mass is 16.5. The van der Waals surface area contributed by atoms with Crippen LogP contribution in [0.5, 0.6) is 17.2 Å². The van der Waals surface area contributed by atoms with Gasteiger partial charge >= 0.3 is 0 Å². The molecule has 0 saturated heterocycles. The van der Waals surface area contributed by atoms with Crippen molar-refractivity contribution in [2.45, 2.75) is 56.5 Å². The molecule has 3 aromatic carbocycles. The minimum Gasteiger partial charge on any atom is -0.491 e. The van der Waals surface area contributed by atoms with E-state index in [9.17, 15) is 25.5 Å². The Morgan fingerprint density at radius 3 is 1.88 bits per heavy atom. The van der Waals surface area contributed by atoms with Crippen LogP contribution < -0.4 is 14.2 Å². The number of methoxy groups -OCH3 is 1. The largest absolute Gasteiger partial charge is 0.491 e. The van der Waals surface area contributed by atoms with Crippen LogP contribution in [0.4, 0.5) is 0 Å². The number of aliphatic hydroxyl groups is 5. The van der Waals surface area contributed by atoms with E-state index in [-0.39, 0.29) is 51.7 Å². The summed E-state index contributed by atoms with van der Waals surface area (Å²) in [6.45, 7) is 7.87. The van der Waals surface area contributed by atoms with Crippen molar-refractivity contribution >= 4 is 0 Å². The van der Waals surface area contributed by atoms with Crippen molar-refractivity contribution in [1.29, 1.82) is 0 Å². The number of para-hydroxylation sites is 2. The number of benzene rings is 3. The molecular formula is C38H53NO10. The summed E-state index contributed by atoms with van der Waals surface area (Å²) in [6.07, 6.45) is -1.63. The van der Waals surface area contributed by atoms with E-state index in [1.807, 2.05) is 36.1 Å². The van der Waals surface area contributed by atoms with Gasteiger partial charge in [-0.3, -0.25) is 4.90 Å². The van der Waals surface area contributed by atoms with Crippen LogP contribution in [0.3, 0.4) is 0 Å². The molecule has 0 fully saturated rings. The van der Waals surface area contributed by atoms with Crippen molar-refractivity contribution in [2.24, 2.45) is 0 Å². The molecule has 4 unspecified atom stereocenters. The van der Waals surface area contributed by atoms with Gasteiger partial charge in [0.15, 0.2) is 11.5 Å². The summed E-state index contributed by atoms with van der Waals surface area (Å²) in [6, 6.07) is 21.4. The lowest BCUT2D eigenvalue weighted by atomic mass is 9.70. The summed E-state index contributed by atoms with van der Waals surface area (Å²) < 4.78 is 28.4. The molecule has 270 valence electrons. The predicted molar refractivity (Wildman–Crippen MR) is 185 cm³/mol. The van der Waals surface area contributed by atoms with Crippen LogP contribution in [-0.4, -0.2) is 122 Å². The van der Waals surface area contributed by atoms with E-state index in [1.54, 1.807) is 24.3 Å². The van der Waals surface area contributed by atoms with E-state index in [0.717, 1.165) is 17.5 Å². The first kappa shape index (κ1) is 38.5. The zero-order chi connectivity index (χ0) is 35.4. The van der Waals surface area contributed by atoms with Crippen LogP contribution in [0.1, 0.15) is 43.0 Å². The first-order valence-corrected chi connectivity index (χ1v) is 16.8. The lowest BCUT2D eigenvalue weighted by Gasteiger charge is -2.42. The summed E-state index contributed by atoms with van der Waals surface area (Å²) in [5.74, 6) is 1.56. The van der Waals surface area contributed by atoms with Crippen LogP contribution in [0.15, 0.2) is 66.7 Å². The molecule has 4 atom stereocenters. The molecule has 0 radical (unpaired) electrons. The Hall–Kier alpha value is -3.26. The van der Waals surface area contributed by atoms with Crippen LogP contribution in [0, 0.1) is 0 Å². The number of rotatable bonds is 22. The van der Waals surface area contributed by atoms with Gasteiger partial charge in [-0.1, -0.05) is 56.3 Å². The van der Waals surface area contributed by atoms with Crippen molar-refractivity contribution in [1.82, 2.24) is 4.90 Å². The number of hydrogen-bond acceptors (Lipinski definition) is 11. The average molecular weight is 684 g/mol. The van der Waals surface area contributed by atoms with Gasteiger partial charge in [0.25, 0.3) is 0 Å². The Bertz CT molecular complexity index is 1430. The number of fused-ring (bicyclic) bond motifs is 1. The van der Waals surface area contributed by atoms with Gasteiger partial charge in [-0.2, -0.15) is 0 Å². The molecule has 0 spiro atoms. The minimum atomic E-state index is -0.879. The molecule has 49 heavy (non-hydrogen) atoms. The van der Waals surface area contributed by atoms with Crippen LogP contribution in [0.25, 0.3) is 0 Å². The van der Waals surface area contributed by atoms with Crippen LogP contribution >= 0.6 is 0 Å². The highest BCUT2D eigenvalue weighted by molar-refractivity contribution is 5.49. The number of ether oxygens (including phenoxy) is 5. The lowest BCUT2D eigenvalue weighted by Crippen LogP contribution is -2.43. The molecular weight excluding hydrogens is 630 g/mol. The van der Waals surface area contributed by atoms with Gasteiger partial charge in [0.05, 0.1) is 38.1 Å². The summed E-state index contributed by atoms with van der Waals surface area (Å²) in [7, 11) is 1.51. The molecule has 5 N–H and O–H groups in total. The van der Waals surface area contributed by atoms with E-state index < -0.39 is 23.9 Å². The summed E-state index contributed by atoms with van der Waals surface area (Å²) in [5.41, 5.74) is 3.88. The van der Waals surface area contributed by atoms with E-state index in [2.05, 4.69) is 32.0 Å². The molecule has 4 rings (SSSR count). The maximum Gasteiger partial charge on any atom is 0.161 e. The fourth-order valence-electron chi connectivity index (χ4n) is 6.01. The fourth-order valence-corrected chi connectivity index (χ4v) is 6.01. The minimum absolute atomic E-state index is 0.00294. The second-order valence-corrected chi connectivity index (χ2v) is 13.3. The monoisotopic (exact) mass is 683 g/mol. The zero-order valence-corrected chi connectivity index (χ0v) is 29.1. The summed E-state index contributed by atoms with van der Waals surface area (Å²) in [5, 5.41) is 49.3. The normalized spacial score (nSPS) is 17.6. The fraction of sp³-hybridized carbons (Fsp3) is 0.526. The molecule has 0 aliphatic heterocycles. The van der Waals surface area contributed by atoms with E-state index in [1.165, 1.54) is 18.2 Å². The van der Waals surface area contributed by atoms with Crippen LogP contribution in [-0.2, 0) is 26.9 Å². The maximum absolute atomic E-state index is 10.5. The third kappa shape index (κ3) is 10.6. The smallest absolute Gasteiger partial charge is 0.161 e. The molecule has 11 nitrogen and oxygen atoms in total. The molecule has 3 aromatic rings. The van der Waals surface area contributed by atoms with E-state index in [0.29, 0.717) is 36.9 Å². The topological polar surface area (TPSA) is 151 Å². The molecule has 1 aliphatic rings. The summed E-state index contributed by atoms with van der Waals surface area (Å²) >= 11 is 0. The average Bonchev–Trinajstić information content (AvgIpc) is 3.08. The molecule has 0 bridgehead atoms. The number of nitrogens with zero attached hydrogens (tertiary/aromatic N) is 1. The quantitative estimate of drug-likeness (QED) is 0.106. The van der Waals surface area contributed by atoms with Crippen molar-refractivity contribution in [3.05, 3.63) is 89.0 Å². The van der Waals surface area contributed by atoms with Crippen molar-refractivity contribution in [3.63, 3.8) is 0 Å². The molecule has 0 heterocycles. The lowest BCUT2D eigenvalue weighted by molar-refractivity contribution is -0.0929.